The Bertz CT molecular complexity index is 789. The van der Waals surface area contributed by atoms with Gasteiger partial charge in [0.2, 0.25) is 0 Å². The zero-order valence-corrected chi connectivity index (χ0v) is 13.0. The third kappa shape index (κ3) is 2.53. The molecule has 0 radical (unpaired) electrons. The maximum atomic E-state index is 4.09. The van der Waals surface area contributed by atoms with Crippen LogP contribution in [0.15, 0.2) is 42.7 Å². The lowest BCUT2D eigenvalue weighted by Gasteiger charge is -2.27. The van der Waals surface area contributed by atoms with Gasteiger partial charge in [-0.15, -0.1) is 0 Å². The largest absolute Gasteiger partial charge is 0.358 e. The standard InChI is InChI=1S/C19H21N3/c1-14-2-3-18-16(12-14)17-13-22(11-7-19(17)21-18)10-6-15-4-8-20-9-5-15/h2-5,8-9,12,21H,6-7,10-11,13H2,1H3. The molecule has 0 saturated heterocycles. The number of aromatic amines is 1. The number of nitrogens with zero attached hydrogens (tertiary/aromatic N) is 2. The predicted molar refractivity (Wildman–Crippen MR) is 90.0 cm³/mol. The Morgan fingerprint density at radius 1 is 1.18 bits per heavy atom. The average Bonchev–Trinajstić information content (AvgIpc) is 2.91. The van der Waals surface area contributed by atoms with Crippen LogP contribution in [-0.2, 0) is 19.4 Å². The van der Waals surface area contributed by atoms with Crippen LogP contribution in [0.25, 0.3) is 10.9 Å². The molecule has 1 aliphatic heterocycles. The molecule has 0 unspecified atom stereocenters. The third-order valence-electron chi connectivity index (χ3n) is 4.68. The number of fused-ring (bicyclic) bond motifs is 3. The molecule has 4 rings (SSSR count). The van der Waals surface area contributed by atoms with Crippen LogP contribution in [0.1, 0.15) is 22.4 Å². The topological polar surface area (TPSA) is 31.9 Å². The summed E-state index contributed by atoms with van der Waals surface area (Å²) in [5, 5.41) is 1.41. The molecule has 0 saturated carbocycles. The van der Waals surface area contributed by atoms with Crippen molar-refractivity contribution in [3.05, 3.63) is 65.1 Å². The molecule has 0 bridgehead atoms. The second-order valence-corrected chi connectivity index (χ2v) is 6.26. The van der Waals surface area contributed by atoms with E-state index in [1.807, 2.05) is 12.4 Å². The minimum absolute atomic E-state index is 1.06. The Balaban J connectivity index is 1.53. The molecule has 112 valence electrons. The van der Waals surface area contributed by atoms with Gasteiger partial charge in [-0.3, -0.25) is 9.88 Å². The zero-order valence-electron chi connectivity index (χ0n) is 13.0. The van der Waals surface area contributed by atoms with Crippen LogP contribution >= 0.6 is 0 Å². The van der Waals surface area contributed by atoms with Crippen molar-refractivity contribution < 1.29 is 0 Å². The highest BCUT2D eigenvalue weighted by Gasteiger charge is 2.20. The molecule has 0 fully saturated rings. The smallest absolute Gasteiger partial charge is 0.0459 e. The van der Waals surface area contributed by atoms with E-state index in [2.05, 4.69) is 52.1 Å². The van der Waals surface area contributed by atoms with Gasteiger partial charge in [0.1, 0.15) is 0 Å². The fourth-order valence-electron chi connectivity index (χ4n) is 3.41. The monoisotopic (exact) mass is 291 g/mol. The molecule has 1 aliphatic rings. The fourth-order valence-corrected chi connectivity index (χ4v) is 3.41. The first-order valence-corrected chi connectivity index (χ1v) is 8.01. The van der Waals surface area contributed by atoms with Gasteiger partial charge in [0, 0.05) is 55.0 Å². The molecular formula is C19H21N3. The Kier molecular flexibility index (Phi) is 3.43. The van der Waals surface area contributed by atoms with Crippen molar-refractivity contribution in [2.45, 2.75) is 26.3 Å². The lowest BCUT2D eigenvalue weighted by molar-refractivity contribution is 0.257. The van der Waals surface area contributed by atoms with Gasteiger partial charge in [0.25, 0.3) is 0 Å². The molecule has 3 heteroatoms. The van der Waals surface area contributed by atoms with Gasteiger partial charge >= 0.3 is 0 Å². The van der Waals surface area contributed by atoms with Crippen molar-refractivity contribution in [3.8, 4) is 0 Å². The fraction of sp³-hybridized carbons (Fsp3) is 0.316. The lowest BCUT2D eigenvalue weighted by atomic mass is 10.0. The Morgan fingerprint density at radius 3 is 2.91 bits per heavy atom. The molecule has 3 nitrogen and oxygen atoms in total. The van der Waals surface area contributed by atoms with E-state index in [9.17, 15) is 0 Å². The first kappa shape index (κ1) is 13.5. The van der Waals surface area contributed by atoms with E-state index in [-0.39, 0.29) is 0 Å². The Labute approximate surface area is 131 Å². The zero-order chi connectivity index (χ0) is 14.9. The summed E-state index contributed by atoms with van der Waals surface area (Å²) >= 11 is 0. The van der Waals surface area contributed by atoms with Crippen LogP contribution in [-0.4, -0.2) is 28.0 Å². The SMILES string of the molecule is Cc1ccc2[nH]c3c(c2c1)CN(CCc1ccncc1)CC3. The second kappa shape index (κ2) is 5.58. The van der Waals surface area contributed by atoms with Gasteiger partial charge in [-0.05, 0) is 48.7 Å². The summed E-state index contributed by atoms with van der Waals surface area (Å²) in [6, 6.07) is 10.9. The van der Waals surface area contributed by atoms with Crippen molar-refractivity contribution >= 4 is 10.9 Å². The molecule has 0 spiro atoms. The van der Waals surface area contributed by atoms with Crippen LogP contribution in [0.5, 0.6) is 0 Å². The summed E-state index contributed by atoms with van der Waals surface area (Å²) in [4.78, 5) is 10.3. The molecule has 1 N–H and O–H groups in total. The van der Waals surface area contributed by atoms with Gasteiger partial charge in [0.05, 0.1) is 0 Å². The third-order valence-corrected chi connectivity index (χ3v) is 4.68. The highest BCUT2D eigenvalue weighted by Crippen LogP contribution is 2.28. The quantitative estimate of drug-likeness (QED) is 0.801. The minimum Gasteiger partial charge on any atom is -0.358 e. The lowest BCUT2D eigenvalue weighted by Crippen LogP contribution is -2.32. The summed E-state index contributed by atoms with van der Waals surface area (Å²) < 4.78 is 0. The minimum atomic E-state index is 1.06. The van der Waals surface area contributed by atoms with Crippen molar-refractivity contribution in [2.75, 3.05) is 13.1 Å². The molecule has 0 atom stereocenters. The predicted octanol–water partition coefficient (Wildman–Crippen LogP) is 3.47. The number of hydrogen-bond donors (Lipinski definition) is 1. The summed E-state index contributed by atoms with van der Waals surface area (Å²) in [6.45, 7) is 5.48. The van der Waals surface area contributed by atoms with Gasteiger partial charge in [-0.1, -0.05) is 11.6 Å². The van der Waals surface area contributed by atoms with Crippen LogP contribution < -0.4 is 0 Å². The summed E-state index contributed by atoms with van der Waals surface area (Å²) in [6.07, 6.45) is 5.98. The van der Waals surface area contributed by atoms with E-state index < -0.39 is 0 Å². The summed E-state index contributed by atoms with van der Waals surface area (Å²) in [7, 11) is 0. The van der Waals surface area contributed by atoms with Gasteiger partial charge in [-0.25, -0.2) is 0 Å². The second-order valence-electron chi connectivity index (χ2n) is 6.26. The molecule has 22 heavy (non-hydrogen) atoms. The van der Waals surface area contributed by atoms with Gasteiger partial charge < -0.3 is 4.98 Å². The van der Waals surface area contributed by atoms with Crippen LogP contribution in [0.4, 0.5) is 0 Å². The highest BCUT2D eigenvalue weighted by molar-refractivity contribution is 5.85. The highest BCUT2D eigenvalue weighted by atomic mass is 15.1. The number of rotatable bonds is 3. The van der Waals surface area contributed by atoms with Crippen LogP contribution in [0, 0.1) is 6.92 Å². The van der Waals surface area contributed by atoms with E-state index in [0.29, 0.717) is 0 Å². The Morgan fingerprint density at radius 2 is 2.05 bits per heavy atom. The molecule has 0 aliphatic carbocycles. The number of H-pyrrole nitrogens is 1. The molecule has 2 aromatic heterocycles. The van der Waals surface area contributed by atoms with Crippen LogP contribution in [0.2, 0.25) is 0 Å². The molecule has 3 aromatic rings. The first-order valence-electron chi connectivity index (χ1n) is 8.01. The number of hydrogen-bond acceptors (Lipinski definition) is 2. The van der Waals surface area contributed by atoms with E-state index >= 15 is 0 Å². The van der Waals surface area contributed by atoms with Crippen molar-refractivity contribution in [1.82, 2.24) is 14.9 Å². The number of nitrogens with one attached hydrogen (secondary N) is 1. The van der Waals surface area contributed by atoms with Crippen molar-refractivity contribution in [1.29, 1.82) is 0 Å². The van der Waals surface area contributed by atoms with E-state index in [1.165, 1.54) is 33.3 Å². The number of aromatic nitrogens is 2. The number of benzene rings is 1. The summed E-state index contributed by atoms with van der Waals surface area (Å²) in [5.74, 6) is 0. The van der Waals surface area contributed by atoms with E-state index in [0.717, 1.165) is 32.5 Å². The number of pyridine rings is 1. The average molecular weight is 291 g/mol. The molecular weight excluding hydrogens is 270 g/mol. The van der Waals surface area contributed by atoms with Gasteiger partial charge in [0.15, 0.2) is 0 Å². The Hall–Kier alpha value is -2.13. The van der Waals surface area contributed by atoms with Crippen molar-refractivity contribution in [3.63, 3.8) is 0 Å². The van der Waals surface area contributed by atoms with Crippen LogP contribution in [0.3, 0.4) is 0 Å². The van der Waals surface area contributed by atoms with Crippen molar-refractivity contribution in [2.24, 2.45) is 0 Å². The van der Waals surface area contributed by atoms with E-state index in [1.54, 1.807) is 0 Å². The van der Waals surface area contributed by atoms with Gasteiger partial charge in [-0.2, -0.15) is 0 Å². The summed E-state index contributed by atoms with van der Waals surface area (Å²) in [5.41, 5.74) is 6.92. The molecule has 3 heterocycles. The normalized spacial score (nSPS) is 15.1. The first-order chi connectivity index (χ1) is 10.8. The maximum Gasteiger partial charge on any atom is 0.0459 e. The maximum absolute atomic E-state index is 4.09. The molecule has 1 aromatic carbocycles. The molecule has 0 amide bonds. The van der Waals surface area contributed by atoms with E-state index in [4.69, 9.17) is 0 Å². The number of aryl methyl sites for hydroxylation is 1.